The number of furan rings is 1. The number of carbonyl (C=O) groups excluding carboxylic acids is 1. The maximum absolute atomic E-state index is 13.5. The van der Waals surface area contributed by atoms with Crippen LogP contribution in [0, 0.1) is 17.0 Å². The second kappa shape index (κ2) is 8.38. The summed E-state index contributed by atoms with van der Waals surface area (Å²) in [6, 6.07) is 19.7. The average Bonchev–Trinajstić information content (AvgIpc) is 3.29. The van der Waals surface area contributed by atoms with Crippen molar-refractivity contribution in [1.82, 2.24) is 9.88 Å². The number of para-hydroxylation sites is 1. The first-order valence-corrected chi connectivity index (χ1v) is 10.7. The summed E-state index contributed by atoms with van der Waals surface area (Å²) in [7, 11) is 0. The molecule has 0 unspecified atom stereocenters. The highest BCUT2D eigenvalue weighted by Crippen LogP contribution is 2.28. The maximum atomic E-state index is 13.5. The van der Waals surface area contributed by atoms with Crippen molar-refractivity contribution in [2.45, 2.75) is 6.92 Å². The Hall–Kier alpha value is -4.20. The van der Waals surface area contributed by atoms with E-state index in [-0.39, 0.29) is 11.6 Å². The highest BCUT2D eigenvalue weighted by molar-refractivity contribution is 6.07. The average molecular weight is 442 g/mol. The highest BCUT2D eigenvalue weighted by Gasteiger charge is 2.25. The van der Waals surface area contributed by atoms with E-state index in [0.717, 1.165) is 22.4 Å². The second-order valence-electron chi connectivity index (χ2n) is 8.04. The summed E-state index contributed by atoms with van der Waals surface area (Å²) in [5, 5.41) is 11.7. The lowest BCUT2D eigenvalue weighted by atomic mass is 10.0. The minimum absolute atomic E-state index is 0.0403. The van der Waals surface area contributed by atoms with Gasteiger partial charge in [-0.05, 0) is 43.3 Å². The Kier molecular flexibility index (Phi) is 5.26. The van der Waals surface area contributed by atoms with Crippen LogP contribution in [0.3, 0.4) is 0 Å². The number of anilines is 1. The zero-order valence-electron chi connectivity index (χ0n) is 18.1. The largest absolute Gasteiger partial charge is 0.460 e. The Morgan fingerprint density at radius 1 is 1.00 bits per heavy atom. The van der Waals surface area contributed by atoms with Gasteiger partial charge in [0.25, 0.3) is 11.6 Å². The number of nitro benzene ring substituents is 1. The number of rotatable bonds is 4. The van der Waals surface area contributed by atoms with E-state index in [2.05, 4.69) is 4.90 Å². The van der Waals surface area contributed by atoms with Gasteiger partial charge in [-0.1, -0.05) is 18.2 Å². The Labute approximate surface area is 190 Å². The zero-order valence-corrected chi connectivity index (χ0v) is 18.1. The first kappa shape index (κ1) is 20.7. The number of pyridine rings is 1. The van der Waals surface area contributed by atoms with Crippen molar-refractivity contribution in [2.24, 2.45) is 0 Å². The fourth-order valence-corrected chi connectivity index (χ4v) is 4.17. The van der Waals surface area contributed by atoms with Gasteiger partial charge in [0, 0.05) is 49.4 Å². The molecule has 1 fully saturated rings. The van der Waals surface area contributed by atoms with Crippen molar-refractivity contribution in [3.63, 3.8) is 0 Å². The molecule has 0 N–H and O–H groups in total. The van der Waals surface area contributed by atoms with Gasteiger partial charge >= 0.3 is 0 Å². The Morgan fingerprint density at radius 2 is 1.73 bits per heavy atom. The molecular formula is C25H22N4O4. The SMILES string of the molecule is Cc1ccc(-c2cc(C(=O)N3CCN(c4ccc([N+](=O)[O-])cc4)CC3)c3ccccc3n2)o1. The molecule has 0 atom stereocenters. The molecule has 0 spiro atoms. The van der Waals surface area contributed by atoms with Gasteiger partial charge < -0.3 is 14.2 Å². The smallest absolute Gasteiger partial charge is 0.269 e. The lowest BCUT2D eigenvalue weighted by molar-refractivity contribution is -0.384. The summed E-state index contributed by atoms with van der Waals surface area (Å²) in [6.07, 6.45) is 0. The van der Waals surface area contributed by atoms with E-state index >= 15 is 0 Å². The fraction of sp³-hybridized carbons (Fsp3) is 0.200. The van der Waals surface area contributed by atoms with Crippen LogP contribution in [-0.2, 0) is 0 Å². The molecule has 2 aromatic carbocycles. The fourth-order valence-electron chi connectivity index (χ4n) is 4.17. The van der Waals surface area contributed by atoms with Crippen LogP contribution in [0.25, 0.3) is 22.4 Å². The minimum Gasteiger partial charge on any atom is -0.460 e. The molecule has 3 heterocycles. The van der Waals surface area contributed by atoms with Crippen LogP contribution in [0.2, 0.25) is 0 Å². The normalized spacial score (nSPS) is 14.0. The molecule has 5 rings (SSSR count). The molecule has 8 heteroatoms. The summed E-state index contributed by atoms with van der Waals surface area (Å²) in [4.78, 5) is 32.7. The number of piperazine rings is 1. The van der Waals surface area contributed by atoms with Crippen molar-refractivity contribution in [3.8, 4) is 11.5 Å². The topological polar surface area (TPSA) is 92.7 Å². The van der Waals surface area contributed by atoms with Gasteiger partial charge in [0.15, 0.2) is 5.76 Å². The molecule has 1 amide bonds. The predicted molar refractivity (Wildman–Crippen MR) is 125 cm³/mol. The number of nitro groups is 1. The van der Waals surface area contributed by atoms with E-state index in [4.69, 9.17) is 9.40 Å². The summed E-state index contributed by atoms with van der Waals surface area (Å²) in [5.41, 5.74) is 2.97. The van der Waals surface area contributed by atoms with Crippen molar-refractivity contribution < 1.29 is 14.1 Å². The number of hydrogen-bond donors (Lipinski definition) is 0. The molecule has 166 valence electrons. The van der Waals surface area contributed by atoms with E-state index in [1.54, 1.807) is 12.1 Å². The molecular weight excluding hydrogens is 420 g/mol. The minimum atomic E-state index is -0.405. The number of amides is 1. The van der Waals surface area contributed by atoms with Crippen LogP contribution in [0.5, 0.6) is 0 Å². The lowest BCUT2D eigenvalue weighted by Crippen LogP contribution is -2.48. The van der Waals surface area contributed by atoms with Crippen LogP contribution in [0.15, 0.2) is 71.1 Å². The third-order valence-corrected chi connectivity index (χ3v) is 5.93. The first-order chi connectivity index (χ1) is 16.0. The van der Waals surface area contributed by atoms with Gasteiger partial charge in [0.05, 0.1) is 16.0 Å². The van der Waals surface area contributed by atoms with Crippen molar-refractivity contribution >= 4 is 28.2 Å². The van der Waals surface area contributed by atoms with Gasteiger partial charge in [-0.25, -0.2) is 4.98 Å². The van der Waals surface area contributed by atoms with Crippen LogP contribution >= 0.6 is 0 Å². The Balaban J connectivity index is 1.38. The number of aryl methyl sites for hydroxylation is 1. The van der Waals surface area contributed by atoms with Crippen LogP contribution in [0.1, 0.15) is 16.1 Å². The number of aromatic nitrogens is 1. The van der Waals surface area contributed by atoms with E-state index in [1.807, 2.05) is 54.3 Å². The molecule has 33 heavy (non-hydrogen) atoms. The molecule has 8 nitrogen and oxygen atoms in total. The quantitative estimate of drug-likeness (QED) is 0.337. The molecule has 1 aliphatic heterocycles. The number of nitrogens with zero attached hydrogens (tertiary/aromatic N) is 4. The van der Waals surface area contributed by atoms with Gasteiger partial charge in [0.1, 0.15) is 11.5 Å². The monoisotopic (exact) mass is 442 g/mol. The third kappa shape index (κ3) is 4.03. The molecule has 0 saturated carbocycles. The van der Waals surface area contributed by atoms with Crippen molar-refractivity contribution in [3.05, 3.63) is 88.2 Å². The molecule has 0 bridgehead atoms. The standard InChI is InChI=1S/C25H22N4O4/c1-17-6-11-24(33-17)23-16-21(20-4-2-3-5-22(20)26-23)25(30)28-14-12-27(13-15-28)18-7-9-19(10-8-18)29(31)32/h2-11,16H,12-15H2,1H3. The molecule has 0 radical (unpaired) electrons. The van der Waals surface area contributed by atoms with Gasteiger partial charge in [0.2, 0.25) is 0 Å². The summed E-state index contributed by atoms with van der Waals surface area (Å²) in [6.45, 7) is 4.29. The van der Waals surface area contributed by atoms with Gasteiger partial charge in [-0.3, -0.25) is 14.9 Å². The van der Waals surface area contributed by atoms with Crippen molar-refractivity contribution in [2.75, 3.05) is 31.1 Å². The maximum Gasteiger partial charge on any atom is 0.269 e. The second-order valence-corrected chi connectivity index (χ2v) is 8.04. The number of hydrogen-bond acceptors (Lipinski definition) is 6. The molecule has 0 aliphatic carbocycles. The lowest BCUT2D eigenvalue weighted by Gasteiger charge is -2.36. The Bertz CT molecular complexity index is 1340. The van der Waals surface area contributed by atoms with Crippen molar-refractivity contribution in [1.29, 1.82) is 0 Å². The first-order valence-electron chi connectivity index (χ1n) is 10.7. The van der Waals surface area contributed by atoms with Crippen LogP contribution in [-0.4, -0.2) is 46.9 Å². The van der Waals surface area contributed by atoms with E-state index in [0.29, 0.717) is 43.2 Å². The van der Waals surface area contributed by atoms with E-state index < -0.39 is 4.92 Å². The molecule has 2 aromatic heterocycles. The summed E-state index contributed by atoms with van der Waals surface area (Å²) >= 11 is 0. The van der Waals surface area contributed by atoms with E-state index in [1.165, 1.54) is 12.1 Å². The number of fused-ring (bicyclic) bond motifs is 1. The molecule has 1 saturated heterocycles. The van der Waals surface area contributed by atoms with Gasteiger partial charge in [-0.15, -0.1) is 0 Å². The highest BCUT2D eigenvalue weighted by atomic mass is 16.6. The zero-order chi connectivity index (χ0) is 22.9. The summed E-state index contributed by atoms with van der Waals surface area (Å²) in [5.74, 6) is 1.38. The third-order valence-electron chi connectivity index (χ3n) is 5.93. The van der Waals surface area contributed by atoms with E-state index in [9.17, 15) is 14.9 Å². The summed E-state index contributed by atoms with van der Waals surface area (Å²) < 4.78 is 5.75. The number of benzene rings is 2. The molecule has 4 aromatic rings. The van der Waals surface area contributed by atoms with Gasteiger partial charge in [-0.2, -0.15) is 0 Å². The Morgan fingerprint density at radius 3 is 2.39 bits per heavy atom. The van der Waals surface area contributed by atoms with Crippen LogP contribution < -0.4 is 4.90 Å². The number of non-ortho nitro benzene ring substituents is 1. The predicted octanol–water partition coefficient (Wildman–Crippen LogP) is 4.67. The van der Waals surface area contributed by atoms with Crippen LogP contribution in [0.4, 0.5) is 11.4 Å². The molecule has 1 aliphatic rings. The number of carbonyl (C=O) groups is 1.